The highest BCUT2D eigenvalue weighted by Crippen LogP contribution is 2.38. The zero-order valence-electron chi connectivity index (χ0n) is 79.8. The lowest BCUT2D eigenvalue weighted by molar-refractivity contribution is 0.108. The number of piperazine rings is 1. The first kappa shape index (κ1) is 93.4. The zero-order chi connectivity index (χ0) is 91.3. The standard InChI is InChI=1S/C30H40N6.C28H35N5.C27H35FN4.C26H33FN4/c1-22(2)35-16-14-34(15-17-35)13-10-32-26-8-11-36(12-9-26)27-6-4-23(3)28(20-27)30-19-25-18-24(21-31)5-7-29(25)33-30;1-20(2)32-12-8-24(9-13-32)30-25-10-14-33(15-11-25)26-5-3-4-22(17-26)28-18-23-16-21(19-29)6-7-27(23)31-28;1-19(2)31-12-8-23(9-13-31)29-24-10-14-32(15-11-24)25-5-3-4-20(17-25)27-18-21-16-22(28)6-7-26(21)30-27;1-18-3-5-23(17-24(18)26-16-19-15-20(27)4-6-25(19)29-26)31-13-9-22(10-14-31)28-21-7-11-30(2)12-8-21/h4-7,18-20,22,26,32-33H,8-17H2,1-3H3;3-7,16-18,20,24-25,30-31H,8-15H2,1-2H3;3-7,16-19,23-24,29-30H,8-15H2,1-2H3;3-6,15-17,21-22,28-29H,7-14H2,1-2H3. The van der Waals surface area contributed by atoms with E-state index in [2.05, 4.69) is 263 Å². The molecule has 0 bridgehead atoms. The Kier molecular flexibility index (Phi) is 31.0. The maximum atomic E-state index is 13.6. The summed E-state index contributed by atoms with van der Waals surface area (Å²) in [6.45, 7) is 41.2. The molecular weight excluding hydrogens is 1640 g/mol. The molecule has 0 unspecified atom stereocenters. The third kappa shape index (κ3) is 23.8. The van der Waals surface area contributed by atoms with Crippen LogP contribution in [-0.2, 0) is 0 Å². The number of aryl methyl sites for hydroxylation is 2. The maximum Gasteiger partial charge on any atom is 0.123 e. The number of rotatable bonds is 21. The molecule has 0 radical (unpaired) electrons. The van der Waals surface area contributed by atoms with Crippen LogP contribution < -0.4 is 40.9 Å². The average Bonchev–Trinajstić information content (AvgIpc) is 1.62. The monoisotopic (exact) mass is 1780 g/mol. The Morgan fingerprint density at radius 1 is 0.333 bits per heavy atom. The molecule has 0 atom stereocenters. The van der Waals surface area contributed by atoms with E-state index in [4.69, 9.17) is 0 Å². The van der Waals surface area contributed by atoms with E-state index in [1.54, 1.807) is 12.1 Å². The summed E-state index contributed by atoms with van der Waals surface area (Å²) in [7, 11) is 2.22. The summed E-state index contributed by atoms with van der Waals surface area (Å²) in [5.41, 5.74) is 22.2. The van der Waals surface area contributed by atoms with Crippen LogP contribution in [0.4, 0.5) is 31.5 Å². The number of piperidine rings is 7. The maximum absolute atomic E-state index is 13.6. The van der Waals surface area contributed by atoms with E-state index in [-0.39, 0.29) is 11.6 Å². The van der Waals surface area contributed by atoms with Crippen LogP contribution in [0.5, 0.6) is 0 Å². The molecule has 12 heterocycles. The van der Waals surface area contributed by atoms with Crippen LogP contribution in [0.25, 0.3) is 88.6 Å². The minimum atomic E-state index is -0.196. The SMILES string of the molecule is CC(C)N1CCC(NC2CCN(c3cccc(-c4cc5cc(C#N)ccc5[nH]4)c3)CC2)CC1.CC(C)N1CCC(NC2CCN(c3cccc(-c4cc5cc(F)ccc5[nH]4)c3)CC2)CC1.Cc1ccc(N2CCC(NC3CCN(C)CC3)CC2)cc1-c1cc2cc(F)ccc2[nH]1.Cc1ccc(N2CCC(NCCN3CCN(C(C)C)CC3)CC2)cc1-c1cc2cc(C#N)ccc2[nH]1. The molecule has 8 saturated heterocycles. The number of aromatic nitrogens is 4. The Balaban J connectivity index is 0.000000123. The van der Waals surface area contributed by atoms with Gasteiger partial charge in [0.25, 0.3) is 0 Å². The van der Waals surface area contributed by atoms with Gasteiger partial charge in [0.15, 0.2) is 0 Å². The lowest BCUT2D eigenvalue weighted by atomic mass is 9.98. The van der Waals surface area contributed by atoms with E-state index in [0.717, 1.165) is 137 Å². The molecule has 8 aliphatic heterocycles. The summed E-state index contributed by atoms with van der Waals surface area (Å²) in [6, 6.07) is 72.1. The van der Waals surface area contributed by atoms with Crippen molar-refractivity contribution in [1.82, 2.24) is 65.7 Å². The second kappa shape index (κ2) is 43.7. The van der Waals surface area contributed by atoms with Gasteiger partial charge in [0.1, 0.15) is 11.6 Å². The molecule has 0 spiro atoms. The van der Waals surface area contributed by atoms with Gasteiger partial charge >= 0.3 is 0 Å². The first-order chi connectivity index (χ1) is 64.2. The number of halogens is 2. The Hall–Kier alpha value is -10.4. The van der Waals surface area contributed by atoms with E-state index in [0.29, 0.717) is 71.5 Å². The summed E-state index contributed by atoms with van der Waals surface area (Å²) in [6.07, 6.45) is 17.2. The number of nitriles is 2. The molecule has 8 N–H and O–H groups in total. The van der Waals surface area contributed by atoms with E-state index in [1.165, 1.54) is 218 Å². The van der Waals surface area contributed by atoms with Gasteiger partial charge in [-0.25, -0.2) is 8.78 Å². The summed E-state index contributed by atoms with van der Waals surface area (Å²) < 4.78 is 27.2. The largest absolute Gasteiger partial charge is 0.371 e. The Labute approximate surface area is 783 Å². The van der Waals surface area contributed by atoms with E-state index >= 15 is 0 Å². The van der Waals surface area contributed by atoms with Crippen LogP contribution in [0.1, 0.15) is 154 Å². The summed E-state index contributed by atoms with van der Waals surface area (Å²) in [4.78, 5) is 36.9. The van der Waals surface area contributed by atoms with Crippen LogP contribution >= 0.6 is 0 Å². The second-order valence-electron chi connectivity index (χ2n) is 40.0. The Morgan fingerprint density at radius 2 is 0.652 bits per heavy atom. The van der Waals surface area contributed by atoms with Gasteiger partial charge in [-0.1, -0.05) is 36.4 Å². The number of anilines is 4. The third-order valence-corrected chi connectivity index (χ3v) is 30.1. The molecule has 8 fully saturated rings. The Bertz CT molecular complexity index is 5840. The topological polar surface area (TPSA) is 188 Å². The van der Waals surface area contributed by atoms with Gasteiger partial charge in [-0.15, -0.1) is 0 Å². The van der Waals surface area contributed by atoms with Gasteiger partial charge in [0, 0.05) is 252 Å². The molecular formula is C111H143F2N19. The van der Waals surface area contributed by atoms with Crippen molar-refractivity contribution in [3.05, 3.63) is 216 Å². The smallest absolute Gasteiger partial charge is 0.123 e. The van der Waals surface area contributed by atoms with Crippen molar-refractivity contribution in [2.75, 3.05) is 158 Å². The van der Waals surface area contributed by atoms with Crippen LogP contribution in [0.3, 0.4) is 0 Å². The van der Waals surface area contributed by atoms with Crippen LogP contribution in [-0.4, -0.2) is 243 Å². The number of nitrogens with zero attached hydrogens (tertiary/aromatic N) is 11. The fraction of sp³-hybridized carbons (Fsp3) is 0.477. The second-order valence-corrected chi connectivity index (χ2v) is 40.0. The number of H-pyrrole nitrogens is 4. The van der Waals surface area contributed by atoms with Crippen LogP contribution in [0, 0.1) is 48.1 Å². The lowest BCUT2D eigenvalue weighted by Gasteiger charge is -2.39. The number of fused-ring (bicyclic) bond motifs is 4. The first-order valence-electron chi connectivity index (χ1n) is 49.9. The molecule has 8 aliphatic rings. The van der Waals surface area contributed by atoms with E-state index in [9.17, 15) is 19.3 Å². The van der Waals surface area contributed by atoms with Crippen LogP contribution in [0.2, 0.25) is 0 Å². The minimum Gasteiger partial charge on any atom is -0.371 e. The van der Waals surface area contributed by atoms with Crippen molar-refractivity contribution in [1.29, 1.82) is 10.5 Å². The van der Waals surface area contributed by atoms with Crippen molar-refractivity contribution < 1.29 is 8.78 Å². The first-order valence-corrected chi connectivity index (χ1v) is 49.9. The molecule has 0 saturated carbocycles. The van der Waals surface area contributed by atoms with Crippen molar-refractivity contribution in [2.45, 2.75) is 206 Å². The Morgan fingerprint density at radius 3 is 1.02 bits per heavy atom. The van der Waals surface area contributed by atoms with Crippen molar-refractivity contribution in [3.63, 3.8) is 0 Å². The number of aromatic amines is 4. The predicted octanol–water partition coefficient (Wildman–Crippen LogP) is 20.1. The van der Waals surface area contributed by atoms with Gasteiger partial charge < -0.3 is 75.5 Å². The van der Waals surface area contributed by atoms with E-state index in [1.807, 2.05) is 54.6 Å². The summed E-state index contributed by atoms with van der Waals surface area (Å²) in [5.74, 6) is -0.390. The molecule has 132 heavy (non-hydrogen) atoms. The van der Waals surface area contributed by atoms with Gasteiger partial charge in [-0.3, -0.25) is 9.80 Å². The molecule has 19 nitrogen and oxygen atoms in total. The number of likely N-dealkylation sites (tertiary alicyclic amines) is 3. The van der Waals surface area contributed by atoms with Crippen LogP contribution in [0.15, 0.2) is 182 Å². The predicted molar refractivity (Wildman–Crippen MR) is 545 cm³/mol. The lowest BCUT2D eigenvalue weighted by Crippen LogP contribution is -2.51. The normalized spacial score (nSPS) is 18.9. The zero-order valence-corrected chi connectivity index (χ0v) is 79.8. The molecule has 12 aromatic rings. The quantitative estimate of drug-likeness (QED) is 0.0339. The minimum absolute atomic E-state index is 0.194. The van der Waals surface area contributed by atoms with Crippen molar-refractivity contribution >= 4 is 66.4 Å². The van der Waals surface area contributed by atoms with Crippen molar-refractivity contribution in [3.8, 4) is 57.2 Å². The van der Waals surface area contributed by atoms with Gasteiger partial charge in [0.05, 0.1) is 23.3 Å². The molecule has 20 rings (SSSR count). The fourth-order valence-corrected chi connectivity index (χ4v) is 21.7. The molecule has 8 aromatic carbocycles. The average molecular weight is 1780 g/mol. The molecule has 0 aliphatic carbocycles. The van der Waals surface area contributed by atoms with Gasteiger partial charge in [0.2, 0.25) is 0 Å². The van der Waals surface area contributed by atoms with Crippen molar-refractivity contribution in [2.24, 2.45) is 0 Å². The number of hydrogen-bond acceptors (Lipinski definition) is 15. The molecule has 0 amide bonds. The number of nitrogens with one attached hydrogen (secondary N) is 8. The van der Waals surface area contributed by atoms with E-state index < -0.39 is 0 Å². The van der Waals surface area contributed by atoms with Gasteiger partial charge in [-0.05, 0) is 359 Å². The highest BCUT2D eigenvalue weighted by Gasteiger charge is 2.31. The summed E-state index contributed by atoms with van der Waals surface area (Å²) in [5, 5.41) is 38.1. The third-order valence-electron chi connectivity index (χ3n) is 30.1. The fourth-order valence-electron chi connectivity index (χ4n) is 21.7. The van der Waals surface area contributed by atoms with Gasteiger partial charge in [-0.2, -0.15) is 10.5 Å². The highest BCUT2D eigenvalue weighted by molar-refractivity contribution is 5.91. The number of hydrogen-bond donors (Lipinski definition) is 8. The molecule has 4 aromatic heterocycles. The number of benzene rings is 8. The molecule has 696 valence electrons. The summed E-state index contributed by atoms with van der Waals surface area (Å²) >= 11 is 0. The highest BCUT2D eigenvalue weighted by atomic mass is 19.1. The molecule has 21 heteroatoms.